The van der Waals surface area contributed by atoms with Crippen molar-refractivity contribution in [2.24, 2.45) is 5.73 Å². The van der Waals surface area contributed by atoms with E-state index in [-0.39, 0.29) is 0 Å². The average Bonchev–Trinajstić information content (AvgIpc) is 1.86. The van der Waals surface area contributed by atoms with Crippen LogP contribution in [0.4, 0.5) is 0 Å². The van der Waals surface area contributed by atoms with Gasteiger partial charge in [-0.1, -0.05) is 6.92 Å². The third-order valence-electron chi connectivity index (χ3n) is 1.80. The number of rotatable bonds is 3. The van der Waals surface area contributed by atoms with E-state index >= 15 is 0 Å². The first-order valence-electron chi connectivity index (χ1n) is 3.71. The van der Waals surface area contributed by atoms with E-state index in [4.69, 9.17) is 10.5 Å². The third-order valence-corrected chi connectivity index (χ3v) is 1.80. The van der Waals surface area contributed by atoms with E-state index in [9.17, 15) is 0 Å². The fourth-order valence-electron chi connectivity index (χ4n) is 0.971. The predicted molar refractivity (Wildman–Crippen MR) is 37.2 cm³/mol. The Labute approximate surface area is 56.4 Å². The fourth-order valence-corrected chi connectivity index (χ4v) is 0.971. The Morgan fingerprint density at radius 3 is 2.67 bits per heavy atom. The molecule has 0 spiro atoms. The summed E-state index contributed by atoms with van der Waals surface area (Å²) in [6.45, 7) is 2.99. The molecular formula is C7H15NO. The topological polar surface area (TPSA) is 35.2 Å². The van der Waals surface area contributed by atoms with Gasteiger partial charge in [-0.2, -0.15) is 0 Å². The van der Waals surface area contributed by atoms with Gasteiger partial charge < -0.3 is 10.5 Å². The molecule has 0 bridgehead atoms. The predicted octanol–water partition coefficient (Wildman–Crippen LogP) is 0.903. The quantitative estimate of drug-likeness (QED) is 0.614. The van der Waals surface area contributed by atoms with Crippen molar-refractivity contribution in [3.05, 3.63) is 0 Å². The summed E-state index contributed by atoms with van der Waals surface area (Å²) in [7, 11) is 0. The molecule has 0 saturated heterocycles. The molecule has 0 amide bonds. The van der Waals surface area contributed by atoms with Crippen LogP contribution < -0.4 is 5.73 Å². The maximum Gasteiger partial charge on any atom is 0.0726 e. The van der Waals surface area contributed by atoms with Gasteiger partial charge >= 0.3 is 0 Å². The van der Waals surface area contributed by atoms with Crippen LogP contribution in [0.3, 0.4) is 0 Å². The summed E-state index contributed by atoms with van der Waals surface area (Å²) >= 11 is 0. The van der Waals surface area contributed by atoms with Crippen molar-refractivity contribution in [1.29, 1.82) is 0 Å². The lowest BCUT2D eigenvalue weighted by atomic mass is 9.90. The first kappa shape index (κ1) is 7.03. The Hall–Kier alpha value is -0.0800. The lowest BCUT2D eigenvalue weighted by Gasteiger charge is -2.33. The van der Waals surface area contributed by atoms with Crippen molar-refractivity contribution < 1.29 is 4.74 Å². The summed E-state index contributed by atoms with van der Waals surface area (Å²) in [5, 5.41) is 0. The summed E-state index contributed by atoms with van der Waals surface area (Å²) in [6.07, 6.45) is 3.80. The van der Waals surface area contributed by atoms with Gasteiger partial charge in [0, 0.05) is 12.6 Å². The van der Waals surface area contributed by atoms with E-state index in [2.05, 4.69) is 6.92 Å². The second kappa shape index (κ2) is 3.18. The molecule has 0 aliphatic heterocycles. The maximum absolute atomic E-state index is 5.64. The monoisotopic (exact) mass is 129 g/mol. The van der Waals surface area contributed by atoms with Gasteiger partial charge in [0.25, 0.3) is 0 Å². The molecule has 0 aromatic carbocycles. The van der Waals surface area contributed by atoms with Crippen LogP contribution in [-0.2, 0) is 4.74 Å². The summed E-state index contributed by atoms with van der Waals surface area (Å²) in [6, 6.07) is 0.330. The second-order valence-corrected chi connectivity index (χ2v) is 2.65. The van der Waals surface area contributed by atoms with Crippen molar-refractivity contribution in [3.8, 4) is 0 Å². The lowest BCUT2D eigenvalue weighted by molar-refractivity contribution is -0.0137. The summed E-state index contributed by atoms with van der Waals surface area (Å²) in [5.41, 5.74) is 5.64. The molecule has 0 radical (unpaired) electrons. The van der Waals surface area contributed by atoms with Crippen molar-refractivity contribution in [1.82, 2.24) is 0 Å². The van der Waals surface area contributed by atoms with Crippen LogP contribution in [0, 0.1) is 0 Å². The van der Waals surface area contributed by atoms with E-state index in [1.54, 1.807) is 0 Å². The highest BCUT2D eigenvalue weighted by atomic mass is 16.5. The molecule has 9 heavy (non-hydrogen) atoms. The molecule has 2 heteroatoms. The van der Waals surface area contributed by atoms with E-state index in [1.165, 1.54) is 6.42 Å². The van der Waals surface area contributed by atoms with Gasteiger partial charge in [-0.15, -0.1) is 0 Å². The van der Waals surface area contributed by atoms with Gasteiger partial charge in [0.05, 0.1) is 6.10 Å². The van der Waals surface area contributed by atoms with Crippen LogP contribution in [0.25, 0.3) is 0 Å². The van der Waals surface area contributed by atoms with Crippen LogP contribution >= 0.6 is 0 Å². The van der Waals surface area contributed by atoms with Gasteiger partial charge in [-0.25, -0.2) is 0 Å². The summed E-state index contributed by atoms with van der Waals surface area (Å²) < 4.78 is 5.41. The Morgan fingerprint density at radius 1 is 1.56 bits per heavy atom. The van der Waals surface area contributed by atoms with E-state index in [0.717, 1.165) is 19.4 Å². The number of ether oxygens (including phenoxy) is 1. The fraction of sp³-hybridized carbons (Fsp3) is 1.00. The minimum atomic E-state index is 0.330. The van der Waals surface area contributed by atoms with Crippen molar-refractivity contribution in [3.63, 3.8) is 0 Å². The minimum absolute atomic E-state index is 0.330. The molecule has 54 valence electrons. The van der Waals surface area contributed by atoms with Crippen LogP contribution in [0.2, 0.25) is 0 Å². The average molecular weight is 129 g/mol. The van der Waals surface area contributed by atoms with Gasteiger partial charge in [0.1, 0.15) is 0 Å². The molecule has 0 aromatic rings. The largest absolute Gasteiger partial charge is 0.377 e. The number of hydrogen-bond acceptors (Lipinski definition) is 2. The normalized spacial score (nSPS) is 34.0. The number of nitrogens with two attached hydrogens (primary N) is 1. The highest BCUT2D eigenvalue weighted by molar-refractivity contribution is 4.84. The highest BCUT2D eigenvalue weighted by Gasteiger charge is 2.27. The zero-order chi connectivity index (χ0) is 6.69. The van der Waals surface area contributed by atoms with Gasteiger partial charge in [-0.05, 0) is 19.3 Å². The van der Waals surface area contributed by atoms with E-state index in [1.807, 2.05) is 0 Å². The Morgan fingerprint density at radius 2 is 2.33 bits per heavy atom. The van der Waals surface area contributed by atoms with E-state index in [0.29, 0.717) is 12.1 Å². The molecule has 2 nitrogen and oxygen atoms in total. The molecule has 1 rings (SSSR count). The van der Waals surface area contributed by atoms with Crippen LogP contribution in [0.1, 0.15) is 26.2 Å². The van der Waals surface area contributed by atoms with Crippen LogP contribution in [-0.4, -0.2) is 18.8 Å². The van der Waals surface area contributed by atoms with Gasteiger partial charge in [0.2, 0.25) is 0 Å². The zero-order valence-corrected chi connectivity index (χ0v) is 5.97. The molecule has 0 heterocycles. The third kappa shape index (κ3) is 1.66. The SMILES string of the molecule is CCCO[C@@H]1CC[C@@H]1N. The van der Waals surface area contributed by atoms with Crippen molar-refractivity contribution in [2.75, 3.05) is 6.61 Å². The molecule has 2 atom stereocenters. The molecule has 0 aromatic heterocycles. The van der Waals surface area contributed by atoms with Gasteiger partial charge in [0.15, 0.2) is 0 Å². The Bertz CT molecular complexity index is 85.0. The molecule has 1 aliphatic rings. The van der Waals surface area contributed by atoms with Crippen molar-refractivity contribution >= 4 is 0 Å². The Kier molecular flexibility index (Phi) is 2.49. The number of hydrogen-bond donors (Lipinski definition) is 1. The van der Waals surface area contributed by atoms with Crippen molar-refractivity contribution in [2.45, 2.75) is 38.3 Å². The highest BCUT2D eigenvalue weighted by Crippen LogP contribution is 2.20. The minimum Gasteiger partial charge on any atom is -0.377 e. The molecule has 2 N–H and O–H groups in total. The molecule has 0 unspecified atom stereocenters. The Balaban J connectivity index is 1.99. The van der Waals surface area contributed by atoms with E-state index < -0.39 is 0 Å². The second-order valence-electron chi connectivity index (χ2n) is 2.65. The smallest absolute Gasteiger partial charge is 0.0726 e. The van der Waals surface area contributed by atoms with Crippen LogP contribution in [0.15, 0.2) is 0 Å². The van der Waals surface area contributed by atoms with Crippen LogP contribution in [0.5, 0.6) is 0 Å². The first-order valence-corrected chi connectivity index (χ1v) is 3.71. The molecule has 1 fully saturated rings. The summed E-state index contributed by atoms with van der Waals surface area (Å²) in [4.78, 5) is 0. The first-order chi connectivity index (χ1) is 4.34. The summed E-state index contributed by atoms with van der Waals surface area (Å²) in [5.74, 6) is 0. The standard InChI is InChI=1S/C7H15NO/c1-2-5-9-7-4-3-6(7)8/h6-7H,2-5,8H2,1H3/t6-,7+/m0/s1. The van der Waals surface area contributed by atoms with Gasteiger partial charge in [-0.3, -0.25) is 0 Å². The lowest BCUT2D eigenvalue weighted by Crippen LogP contribution is -2.45. The molecule has 1 saturated carbocycles. The maximum atomic E-state index is 5.64. The molecule has 1 aliphatic carbocycles. The zero-order valence-electron chi connectivity index (χ0n) is 5.97. The molecular weight excluding hydrogens is 114 g/mol.